The highest BCUT2D eigenvalue weighted by molar-refractivity contribution is 6.15. The Morgan fingerprint density at radius 1 is 1.17 bits per heavy atom. The molecule has 0 spiro atoms. The summed E-state index contributed by atoms with van der Waals surface area (Å²) in [5, 5.41) is 11.5. The second-order valence-electron chi connectivity index (χ2n) is 7.14. The van der Waals surface area contributed by atoms with Crippen molar-refractivity contribution in [3.05, 3.63) is 53.4 Å². The van der Waals surface area contributed by atoms with E-state index in [0.29, 0.717) is 28.5 Å². The summed E-state index contributed by atoms with van der Waals surface area (Å²) < 4.78 is 17.7. The molecule has 1 aromatic heterocycles. The predicted octanol–water partition coefficient (Wildman–Crippen LogP) is 3.32. The number of rotatable bonds is 4. The van der Waals surface area contributed by atoms with Gasteiger partial charge in [-0.1, -0.05) is 18.2 Å². The summed E-state index contributed by atoms with van der Waals surface area (Å²) >= 11 is 0. The number of carbonyl (C=O) groups is 1. The molecule has 0 unspecified atom stereocenters. The van der Waals surface area contributed by atoms with E-state index in [4.69, 9.17) is 14.2 Å². The molecular weight excluding hydrogens is 370 g/mol. The minimum atomic E-state index is -0.190. The van der Waals surface area contributed by atoms with Gasteiger partial charge in [0.1, 0.15) is 6.10 Å². The lowest BCUT2D eigenvalue weighted by Gasteiger charge is -2.25. The Balaban J connectivity index is 1.52. The molecule has 5 rings (SSSR count). The van der Waals surface area contributed by atoms with E-state index in [1.54, 1.807) is 25.3 Å². The maximum Gasteiger partial charge on any atom is 0.232 e. The number of hydrogen-bond donors (Lipinski definition) is 2. The zero-order valence-electron chi connectivity index (χ0n) is 16.0. The van der Waals surface area contributed by atoms with Crippen LogP contribution in [0.1, 0.15) is 28.9 Å². The van der Waals surface area contributed by atoms with Gasteiger partial charge in [-0.25, -0.2) is 0 Å². The van der Waals surface area contributed by atoms with Crippen molar-refractivity contribution in [3.8, 4) is 17.2 Å². The lowest BCUT2D eigenvalue weighted by atomic mass is 10.1. The fourth-order valence-corrected chi connectivity index (χ4v) is 3.78. The number of hydrogen-bond acceptors (Lipinski definition) is 6. The Hall–Kier alpha value is -3.32. The van der Waals surface area contributed by atoms with E-state index in [1.807, 2.05) is 24.3 Å². The highest BCUT2D eigenvalue weighted by atomic mass is 16.6. The van der Waals surface area contributed by atoms with Gasteiger partial charge < -0.3 is 19.5 Å². The van der Waals surface area contributed by atoms with Gasteiger partial charge in [0.2, 0.25) is 11.5 Å². The molecule has 2 aromatic carbocycles. The normalized spacial score (nSPS) is 18.1. The number of methoxy groups -OCH3 is 1. The monoisotopic (exact) mass is 391 g/mol. The van der Waals surface area contributed by atoms with E-state index in [2.05, 4.69) is 15.5 Å². The van der Waals surface area contributed by atoms with Crippen LogP contribution in [0.15, 0.2) is 42.2 Å². The lowest BCUT2D eigenvalue weighted by molar-refractivity contribution is 0.101. The molecule has 0 atom stereocenters. The minimum absolute atomic E-state index is 0.0543. The first-order valence-electron chi connectivity index (χ1n) is 9.70. The Morgan fingerprint density at radius 3 is 2.83 bits per heavy atom. The van der Waals surface area contributed by atoms with Gasteiger partial charge in [0.25, 0.3) is 0 Å². The predicted molar refractivity (Wildman–Crippen MR) is 109 cm³/mol. The fraction of sp³-hybridized carbons (Fsp3) is 0.273. The first-order valence-corrected chi connectivity index (χ1v) is 9.70. The van der Waals surface area contributed by atoms with Crippen LogP contribution in [0, 0.1) is 0 Å². The molecule has 0 radical (unpaired) electrons. The van der Waals surface area contributed by atoms with Crippen LogP contribution in [0.3, 0.4) is 0 Å². The summed E-state index contributed by atoms with van der Waals surface area (Å²) in [5.74, 6) is 1.49. The van der Waals surface area contributed by atoms with E-state index in [9.17, 15) is 4.79 Å². The average Bonchev–Trinajstić information content (AvgIpc) is 3.31. The summed E-state index contributed by atoms with van der Waals surface area (Å²) in [6.07, 6.45) is 3.51. The number of benzene rings is 2. The topological polar surface area (TPSA) is 85.5 Å². The fourth-order valence-electron chi connectivity index (χ4n) is 3.78. The van der Waals surface area contributed by atoms with Crippen molar-refractivity contribution in [2.24, 2.45) is 0 Å². The number of allylic oxidation sites excluding steroid dienone is 1. The molecule has 3 aromatic rings. The van der Waals surface area contributed by atoms with Gasteiger partial charge in [-0.2, -0.15) is 5.10 Å². The summed E-state index contributed by atoms with van der Waals surface area (Å²) in [6.45, 7) is 1.80. The maximum absolute atomic E-state index is 13.0. The number of piperidine rings is 1. The van der Waals surface area contributed by atoms with Crippen molar-refractivity contribution >= 4 is 22.8 Å². The molecule has 29 heavy (non-hydrogen) atoms. The minimum Gasteiger partial charge on any atom is -0.493 e. The average molecular weight is 391 g/mol. The molecule has 1 fully saturated rings. The van der Waals surface area contributed by atoms with Crippen LogP contribution < -0.4 is 19.5 Å². The molecule has 0 amide bonds. The third-order valence-electron chi connectivity index (χ3n) is 5.31. The second-order valence-corrected chi connectivity index (χ2v) is 7.14. The third kappa shape index (κ3) is 3.13. The van der Waals surface area contributed by atoms with E-state index in [1.165, 1.54) is 0 Å². The molecule has 0 bridgehead atoms. The molecule has 0 aliphatic carbocycles. The third-order valence-corrected chi connectivity index (χ3v) is 5.31. The number of fused-ring (bicyclic) bond motifs is 2. The standard InChI is InChI=1S/C22H21N3O4/c1-27-18-7-6-15-20(26)19(12-17-14-4-2-3-5-16(14)24-25-17)29-21(15)22(18)28-13-8-10-23-11-9-13/h2-7,12-13,23H,8-11H2,1H3,(H,24,25)/b19-12-. The van der Waals surface area contributed by atoms with Gasteiger partial charge in [-0.15, -0.1) is 0 Å². The van der Waals surface area contributed by atoms with Crippen molar-refractivity contribution in [1.82, 2.24) is 15.5 Å². The molecule has 3 heterocycles. The largest absolute Gasteiger partial charge is 0.493 e. The van der Waals surface area contributed by atoms with E-state index >= 15 is 0 Å². The molecule has 2 N–H and O–H groups in total. The van der Waals surface area contributed by atoms with Gasteiger partial charge in [-0.05, 0) is 44.1 Å². The second kappa shape index (κ2) is 7.25. The molecule has 2 aliphatic heterocycles. The zero-order valence-corrected chi connectivity index (χ0v) is 16.0. The van der Waals surface area contributed by atoms with E-state index < -0.39 is 0 Å². The Labute approximate surface area is 167 Å². The van der Waals surface area contributed by atoms with E-state index in [0.717, 1.165) is 36.8 Å². The van der Waals surface area contributed by atoms with Crippen molar-refractivity contribution in [1.29, 1.82) is 0 Å². The van der Waals surface area contributed by atoms with Crippen LogP contribution in [0.25, 0.3) is 17.0 Å². The number of ether oxygens (including phenoxy) is 3. The lowest BCUT2D eigenvalue weighted by Crippen LogP contribution is -2.34. The molecule has 148 valence electrons. The summed E-state index contributed by atoms with van der Waals surface area (Å²) in [5.41, 5.74) is 2.03. The SMILES string of the molecule is COc1ccc2c(c1OC1CCNCC1)O/C(=C\c1n[nH]c3ccccc13)C2=O. The van der Waals surface area contributed by atoms with Crippen LogP contribution in [-0.4, -0.2) is 42.3 Å². The van der Waals surface area contributed by atoms with Gasteiger partial charge >= 0.3 is 0 Å². The first-order chi connectivity index (χ1) is 14.2. The number of nitrogens with zero attached hydrogens (tertiary/aromatic N) is 1. The molecule has 1 saturated heterocycles. The van der Waals surface area contributed by atoms with Crippen LogP contribution in [-0.2, 0) is 0 Å². The highest BCUT2D eigenvalue weighted by Crippen LogP contribution is 2.46. The Bertz CT molecular complexity index is 1110. The smallest absolute Gasteiger partial charge is 0.232 e. The first kappa shape index (κ1) is 17.8. The summed E-state index contributed by atoms with van der Waals surface area (Å²) in [4.78, 5) is 13.0. The molecule has 7 nitrogen and oxygen atoms in total. The Kier molecular flexibility index (Phi) is 4.44. The number of H-pyrrole nitrogens is 1. The zero-order chi connectivity index (χ0) is 19.8. The Morgan fingerprint density at radius 2 is 2.00 bits per heavy atom. The van der Waals surface area contributed by atoms with Crippen molar-refractivity contribution < 1.29 is 19.0 Å². The summed E-state index contributed by atoms with van der Waals surface area (Å²) in [6, 6.07) is 11.2. The quantitative estimate of drug-likeness (QED) is 0.664. The number of Topliss-reactive ketones (excluding diaryl/α,β-unsaturated/α-hetero) is 1. The van der Waals surface area contributed by atoms with Crippen molar-refractivity contribution in [2.45, 2.75) is 18.9 Å². The molecule has 7 heteroatoms. The van der Waals surface area contributed by atoms with Crippen LogP contribution >= 0.6 is 0 Å². The van der Waals surface area contributed by atoms with Crippen LogP contribution in [0.4, 0.5) is 0 Å². The van der Waals surface area contributed by atoms with Crippen molar-refractivity contribution in [2.75, 3.05) is 20.2 Å². The van der Waals surface area contributed by atoms with Gasteiger partial charge in [0, 0.05) is 11.5 Å². The number of aromatic nitrogens is 2. The number of nitrogens with one attached hydrogen (secondary N) is 2. The van der Waals surface area contributed by atoms with Crippen LogP contribution in [0.2, 0.25) is 0 Å². The van der Waals surface area contributed by atoms with E-state index in [-0.39, 0.29) is 17.6 Å². The maximum atomic E-state index is 13.0. The number of aromatic amines is 1. The molecule has 2 aliphatic rings. The van der Waals surface area contributed by atoms with Crippen molar-refractivity contribution in [3.63, 3.8) is 0 Å². The molecular formula is C22H21N3O4. The summed E-state index contributed by atoms with van der Waals surface area (Å²) in [7, 11) is 1.58. The molecule has 0 saturated carbocycles. The van der Waals surface area contributed by atoms with Crippen LogP contribution in [0.5, 0.6) is 17.2 Å². The number of ketones is 1. The van der Waals surface area contributed by atoms with Gasteiger partial charge in [0.15, 0.2) is 17.3 Å². The van der Waals surface area contributed by atoms with Gasteiger partial charge in [0.05, 0.1) is 23.9 Å². The number of para-hydroxylation sites is 1. The van der Waals surface area contributed by atoms with Gasteiger partial charge in [-0.3, -0.25) is 9.89 Å². The highest BCUT2D eigenvalue weighted by Gasteiger charge is 2.34. The number of carbonyl (C=O) groups excluding carboxylic acids is 1.